The molecule has 2 atom stereocenters. The van der Waals surface area contributed by atoms with E-state index in [1.807, 2.05) is 30.1 Å². The summed E-state index contributed by atoms with van der Waals surface area (Å²) >= 11 is 0. The van der Waals surface area contributed by atoms with Crippen LogP contribution < -0.4 is 4.74 Å². The van der Waals surface area contributed by atoms with Gasteiger partial charge in [-0.15, -0.1) is 12.4 Å². The molecule has 5 heteroatoms. The number of hydrogen-bond donors (Lipinski definition) is 1. The van der Waals surface area contributed by atoms with Crippen molar-refractivity contribution < 1.29 is 14.6 Å². The first-order chi connectivity index (χ1) is 13.6. The van der Waals surface area contributed by atoms with Crippen LogP contribution in [0.1, 0.15) is 42.0 Å². The van der Waals surface area contributed by atoms with Gasteiger partial charge in [0.1, 0.15) is 5.75 Å². The number of rotatable bonds is 8. The van der Waals surface area contributed by atoms with Crippen LogP contribution in [0, 0.1) is 11.8 Å². The highest BCUT2D eigenvalue weighted by atomic mass is 35.5. The number of carboxylic acid groups (broad SMARTS) is 1. The van der Waals surface area contributed by atoms with Gasteiger partial charge in [0.15, 0.2) is 0 Å². The number of benzene rings is 2. The maximum atomic E-state index is 11.3. The number of aryl methyl sites for hydroxylation is 1. The lowest BCUT2D eigenvalue weighted by Gasteiger charge is -2.37. The molecule has 2 unspecified atom stereocenters. The third-order valence-electron chi connectivity index (χ3n) is 6.07. The molecule has 2 aliphatic rings. The number of nitrogens with zero attached hydrogens (tertiary/aromatic N) is 1. The topological polar surface area (TPSA) is 49.8 Å². The Morgan fingerprint density at radius 2 is 1.90 bits per heavy atom. The number of fused-ring (bicyclic) bond motifs is 1. The summed E-state index contributed by atoms with van der Waals surface area (Å²) in [6.45, 7) is 0.897. The number of ether oxygens (including phenoxy) is 1. The van der Waals surface area contributed by atoms with Crippen LogP contribution in [0.15, 0.2) is 48.5 Å². The summed E-state index contributed by atoms with van der Waals surface area (Å²) < 4.78 is 5.95. The first-order valence-electron chi connectivity index (χ1n) is 10.3. The Morgan fingerprint density at radius 1 is 1.14 bits per heavy atom. The van der Waals surface area contributed by atoms with Gasteiger partial charge >= 0.3 is 5.97 Å². The van der Waals surface area contributed by atoms with E-state index in [-0.39, 0.29) is 25.0 Å². The van der Waals surface area contributed by atoms with Crippen LogP contribution >= 0.6 is 12.4 Å². The Labute approximate surface area is 179 Å². The Morgan fingerprint density at radius 3 is 2.59 bits per heavy atom. The van der Waals surface area contributed by atoms with Gasteiger partial charge in [-0.25, -0.2) is 0 Å². The largest absolute Gasteiger partial charge is 0.493 e. The maximum absolute atomic E-state index is 11.3. The van der Waals surface area contributed by atoms with E-state index < -0.39 is 5.97 Å². The molecule has 1 fully saturated rings. The minimum Gasteiger partial charge on any atom is -0.493 e. The molecule has 2 aromatic carbocycles. The van der Waals surface area contributed by atoms with E-state index in [1.54, 1.807) is 0 Å². The zero-order valence-electron chi connectivity index (χ0n) is 16.9. The zero-order valence-corrected chi connectivity index (χ0v) is 17.7. The number of aliphatic carboxylic acids is 1. The number of carbonyl (C=O) groups is 1. The first-order valence-corrected chi connectivity index (χ1v) is 10.3. The van der Waals surface area contributed by atoms with Gasteiger partial charge in [-0.05, 0) is 79.8 Å². The van der Waals surface area contributed by atoms with Gasteiger partial charge < -0.3 is 9.84 Å². The van der Waals surface area contributed by atoms with Gasteiger partial charge in [0.2, 0.25) is 0 Å². The molecule has 29 heavy (non-hydrogen) atoms. The van der Waals surface area contributed by atoms with Crippen LogP contribution in [0.5, 0.6) is 5.75 Å². The van der Waals surface area contributed by atoms with E-state index in [0.717, 1.165) is 37.5 Å². The predicted molar refractivity (Wildman–Crippen MR) is 117 cm³/mol. The SMILES string of the molecule is CN(CC(=O)O)C(c1ccccc1)C1CCc2cc(OCC3CC3)ccc2C1.Cl. The summed E-state index contributed by atoms with van der Waals surface area (Å²) in [4.78, 5) is 13.3. The Hall–Kier alpha value is -2.04. The normalized spacial score (nSPS) is 19.2. The molecule has 0 amide bonds. The van der Waals surface area contributed by atoms with Crippen molar-refractivity contribution in [2.75, 3.05) is 20.2 Å². The lowest BCUT2D eigenvalue weighted by atomic mass is 9.77. The molecule has 4 rings (SSSR count). The van der Waals surface area contributed by atoms with Crippen molar-refractivity contribution in [3.05, 3.63) is 65.2 Å². The van der Waals surface area contributed by atoms with Crippen molar-refractivity contribution in [2.24, 2.45) is 11.8 Å². The molecule has 156 valence electrons. The number of hydrogen-bond acceptors (Lipinski definition) is 3. The minimum absolute atomic E-state index is 0. The summed E-state index contributed by atoms with van der Waals surface area (Å²) in [6.07, 6.45) is 5.66. The third kappa shape index (κ3) is 5.52. The Balaban J connectivity index is 0.00000240. The number of carboxylic acids is 1. The van der Waals surface area contributed by atoms with Crippen molar-refractivity contribution in [1.82, 2.24) is 4.90 Å². The molecule has 2 aromatic rings. The molecule has 0 radical (unpaired) electrons. The van der Waals surface area contributed by atoms with E-state index in [4.69, 9.17) is 4.74 Å². The predicted octanol–water partition coefficient (Wildman–Crippen LogP) is 4.76. The molecular weight excluding hydrogens is 386 g/mol. The Bertz CT molecular complexity index is 822. The van der Waals surface area contributed by atoms with Crippen LogP contribution in [-0.4, -0.2) is 36.2 Å². The standard InChI is InChI=1S/C24H29NO3.ClH/c1-25(15-23(26)27)24(18-5-3-2-4-6-18)21-10-9-20-14-22(12-11-19(20)13-21)28-16-17-7-8-17;/h2-6,11-12,14,17,21,24H,7-10,13,15-16H2,1H3,(H,26,27);1H. The van der Waals surface area contributed by atoms with E-state index in [9.17, 15) is 9.90 Å². The fraction of sp³-hybridized carbons (Fsp3) is 0.458. The van der Waals surface area contributed by atoms with Crippen LogP contribution in [0.25, 0.3) is 0 Å². The molecule has 4 nitrogen and oxygen atoms in total. The average Bonchev–Trinajstić information content (AvgIpc) is 3.51. The zero-order chi connectivity index (χ0) is 19.5. The van der Waals surface area contributed by atoms with Crippen LogP contribution in [0.3, 0.4) is 0 Å². The summed E-state index contributed by atoms with van der Waals surface area (Å²) in [5, 5.41) is 9.30. The van der Waals surface area contributed by atoms with Gasteiger partial charge in [-0.3, -0.25) is 9.69 Å². The van der Waals surface area contributed by atoms with Crippen molar-refractivity contribution in [2.45, 2.75) is 38.1 Å². The second kappa shape index (κ2) is 9.64. The molecular formula is C24H30ClNO3. The summed E-state index contributed by atoms with van der Waals surface area (Å²) in [6, 6.07) is 17.0. The average molecular weight is 416 g/mol. The highest BCUT2D eigenvalue weighted by molar-refractivity contribution is 5.85. The van der Waals surface area contributed by atoms with E-state index in [0.29, 0.717) is 5.92 Å². The monoisotopic (exact) mass is 415 g/mol. The van der Waals surface area contributed by atoms with Crippen LogP contribution in [-0.2, 0) is 17.6 Å². The fourth-order valence-electron chi connectivity index (χ4n) is 4.47. The summed E-state index contributed by atoms with van der Waals surface area (Å²) in [7, 11) is 1.93. The lowest BCUT2D eigenvalue weighted by Crippen LogP contribution is -2.36. The lowest BCUT2D eigenvalue weighted by molar-refractivity contribution is -0.138. The fourth-order valence-corrected chi connectivity index (χ4v) is 4.47. The van der Waals surface area contributed by atoms with Gasteiger partial charge in [-0.2, -0.15) is 0 Å². The van der Waals surface area contributed by atoms with Gasteiger partial charge in [0.25, 0.3) is 0 Å². The molecule has 1 N–H and O–H groups in total. The summed E-state index contributed by atoms with van der Waals surface area (Å²) in [5.74, 6) is 1.37. The highest BCUT2D eigenvalue weighted by Gasteiger charge is 2.31. The van der Waals surface area contributed by atoms with Crippen molar-refractivity contribution in [1.29, 1.82) is 0 Å². The summed E-state index contributed by atoms with van der Waals surface area (Å²) in [5.41, 5.74) is 3.96. The number of likely N-dealkylation sites (N-methyl/N-ethyl adjacent to an activating group) is 1. The van der Waals surface area contributed by atoms with Gasteiger partial charge in [0, 0.05) is 6.04 Å². The molecule has 0 heterocycles. The molecule has 1 saturated carbocycles. The molecule has 0 saturated heterocycles. The second-order valence-corrected chi connectivity index (χ2v) is 8.35. The third-order valence-corrected chi connectivity index (χ3v) is 6.07. The van der Waals surface area contributed by atoms with E-state index >= 15 is 0 Å². The van der Waals surface area contributed by atoms with Crippen molar-refractivity contribution in [3.63, 3.8) is 0 Å². The van der Waals surface area contributed by atoms with Crippen molar-refractivity contribution in [3.8, 4) is 5.75 Å². The van der Waals surface area contributed by atoms with E-state index in [2.05, 4.69) is 30.3 Å². The molecule has 0 aliphatic heterocycles. The molecule has 2 aliphatic carbocycles. The Kier molecular flexibility index (Phi) is 7.20. The highest BCUT2D eigenvalue weighted by Crippen LogP contribution is 2.38. The molecule has 0 bridgehead atoms. The minimum atomic E-state index is -0.780. The van der Waals surface area contributed by atoms with E-state index in [1.165, 1.54) is 29.5 Å². The van der Waals surface area contributed by atoms with Crippen LogP contribution in [0.2, 0.25) is 0 Å². The van der Waals surface area contributed by atoms with Crippen molar-refractivity contribution >= 4 is 18.4 Å². The molecule has 0 aromatic heterocycles. The van der Waals surface area contributed by atoms with Crippen LogP contribution in [0.4, 0.5) is 0 Å². The number of halogens is 1. The maximum Gasteiger partial charge on any atom is 0.317 e. The van der Waals surface area contributed by atoms with Gasteiger partial charge in [0.05, 0.1) is 13.2 Å². The smallest absolute Gasteiger partial charge is 0.317 e. The van der Waals surface area contributed by atoms with Gasteiger partial charge in [-0.1, -0.05) is 36.4 Å². The second-order valence-electron chi connectivity index (χ2n) is 8.35. The first kappa shape index (κ1) is 21.7. The molecule has 0 spiro atoms. The quantitative estimate of drug-likeness (QED) is 0.675.